The molecule has 0 unspecified atom stereocenters. The van der Waals surface area contributed by atoms with Crippen LogP contribution >= 0.6 is 0 Å². The predicted octanol–water partition coefficient (Wildman–Crippen LogP) is 4.62. The second kappa shape index (κ2) is 7.66. The Kier molecular flexibility index (Phi) is 5.14. The number of hydrogen-bond donors (Lipinski definition) is 2. The highest BCUT2D eigenvalue weighted by Gasteiger charge is 2.08. The third-order valence-electron chi connectivity index (χ3n) is 3.94. The Labute approximate surface area is 146 Å². The van der Waals surface area contributed by atoms with Gasteiger partial charge in [-0.15, -0.1) is 0 Å². The highest BCUT2D eigenvalue weighted by molar-refractivity contribution is 5.88. The van der Waals surface area contributed by atoms with Gasteiger partial charge in [-0.05, 0) is 54.4 Å². The van der Waals surface area contributed by atoms with Gasteiger partial charge in [0.15, 0.2) is 0 Å². The van der Waals surface area contributed by atoms with Gasteiger partial charge < -0.3 is 9.84 Å². The smallest absolute Gasteiger partial charge is 0.335 e. The number of hydrogen-bond acceptors (Lipinski definition) is 3. The number of carboxylic acids is 1. The van der Waals surface area contributed by atoms with E-state index < -0.39 is 5.97 Å². The molecule has 0 fully saturated rings. The summed E-state index contributed by atoms with van der Waals surface area (Å²) in [5.74, 6) is -0.0738. The van der Waals surface area contributed by atoms with Gasteiger partial charge in [-0.2, -0.15) is 5.10 Å². The molecule has 0 bridgehead atoms. The number of unbranched alkanes of at least 4 members (excludes halogenated alkanes) is 1. The van der Waals surface area contributed by atoms with Gasteiger partial charge in [0.25, 0.3) is 0 Å². The largest absolute Gasteiger partial charge is 0.494 e. The summed E-state index contributed by atoms with van der Waals surface area (Å²) in [6.45, 7) is 2.87. The van der Waals surface area contributed by atoms with Crippen LogP contribution in [0.15, 0.2) is 54.6 Å². The molecule has 0 atom stereocenters. The number of rotatable bonds is 7. The zero-order valence-electron chi connectivity index (χ0n) is 14.0. The van der Waals surface area contributed by atoms with Crippen molar-refractivity contribution in [1.29, 1.82) is 0 Å². The maximum Gasteiger partial charge on any atom is 0.335 e. The second-order valence-corrected chi connectivity index (χ2v) is 5.78. The summed E-state index contributed by atoms with van der Waals surface area (Å²) in [4.78, 5) is 10.9. The Bertz CT molecular complexity index is 836. The maximum atomic E-state index is 10.9. The number of nitrogens with one attached hydrogen (secondary N) is 1. The van der Waals surface area contributed by atoms with Crippen molar-refractivity contribution in [3.8, 4) is 28.3 Å². The number of H-pyrrole nitrogens is 1. The van der Waals surface area contributed by atoms with Gasteiger partial charge in [-0.1, -0.05) is 25.5 Å². The number of benzene rings is 2. The van der Waals surface area contributed by atoms with E-state index in [1.807, 2.05) is 30.3 Å². The lowest BCUT2D eigenvalue weighted by molar-refractivity contribution is 0.0697. The summed E-state index contributed by atoms with van der Waals surface area (Å²) in [5, 5.41) is 16.3. The van der Waals surface area contributed by atoms with Crippen molar-refractivity contribution in [1.82, 2.24) is 10.2 Å². The van der Waals surface area contributed by atoms with Gasteiger partial charge in [0.05, 0.1) is 23.6 Å². The van der Waals surface area contributed by atoms with Gasteiger partial charge in [0, 0.05) is 5.56 Å². The molecule has 5 nitrogen and oxygen atoms in total. The highest BCUT2D eigenvalue weighted by atomic mass is 16.5. The van der Waals surface area contributed by atoms with Crippen LogP contribution in [0, 0.1) is 0 Å². The number of ether oxygens (including phenoxy) is 1. The molecule has 5 heteroatoms. The third kappa shape index (κ3) is 4.07. The van der Waals surface area contributed by atoms with Crippen molar-refractivity contribution in [2.75, 3.05) is 6.61 Å². The van der Waals surface area contributed by atoms with E-state index in [0.717, 1.165) is 47.7 Å². The topological polar surface area (TPSA) is 75.2 Å². The van der Waals surface area contributed by atoms with Gasteiger partial charge in [0.2, 0.25) is 0 Å². The van der Waals surface area contributed by atoms with Crippen LogP contribution in [0.1, 0.15) is 30.1 Å². The first-order chi connectivity index (χ1) is 12.2. The lowest BCUT2D eigenvalue weighted by Crippen LogP contribution is -1.95. The van der Waals surface area contributed by atoms with E-state index in [1.165, 1.54) is 0 Å². The van der Waals surface area contributed by atoms with Crippen LogP contribution in [0.25, 0.3) is 22.5 Å². The van der Waals surface area contributed by atoms with Crippen molar-refractivity contribution in [2.45, 2.75) is 19.8 Å². The average Bonchev–Trinajstić information content (AvgIpc) is 3.13. The summed E-state index contributed by atoms with van der Waals surface area (Å²) in [5.41, 5.74) is 3.82. The Morgan fingerprint density at radius 2 is 1.76 bits per heavy atom. The van der Waals surface area contributed by atoms with E-state index in [4.69, 9.17) is 9.84 Å². The van der Waals surface area contributed by atoms with Crippen molar-refractivity contribution in [3.05, 3.63) is 60.2 Å². The first-order valence-electron chi connectivity index (χ1n) is 8.29. The molecule has 1 heterocycles. The molecule has 0 aliphatic rings. The van der Waals surface area contributed by atoms with Crippen molar-refractivity contribution in [3.63, 3.8) is 0 Å². The maximum absolute atomic E-state index is 10.9. The molecule has 25 heavy (non-hydrogen) atoms. The summed E-state index contributed by atoms with van der Waals surface area (Å²) < 4.78 is 5.67. The number of nitrogens with zero attached hydrogens (tertiary/aromatic N) is 1. The third-order valence-corrected chi connectivity index (χ3v) is 3.94. The van der Waals surface area contributed by atoms with E-state index in [1.54, 1.807) is 24.3 Å². The Morgan fingerprint density at radius 3 is 2.40 bits per heavy atom. The van der Waals surface area contributed by atoms with Gasteiger partial charge in [-0.25, -0.2) is 4.79 Å². The predicted molar refractivity (Wildman–Crippen MR) is 96.8 cm³/mol. The zero-order valence-corrected chi connectivity index (χ0v) is 14.0. The van der Waals surface area contributed by atoms with Crippen LogP contribution in [-0.4, -0.2) is 27.9 Å². The van der Waals surface area contributed by atoms with E-state index in [2.05, 4.69) is 17.1 Å². The van der Waals surface area contributed by atoms with Crippen LogP contribution in [0.3, 0.4) is 0 Å². The molecule has 0 radical (unpaired) electrons. The van der Waals surface area contributed by atoms with E-state index in [-0.39, 0.29) is 5.56 Å². The zero-order chi connectivity index (χ0) is 17.6. The molecule has 3 aromatic rings. The van der Waals surface area contributed by atoms with Crippen LogP contribution in [0.2, 0.25) is 0 Å². The quantitative estimate of drug-likeness (QED) is 0.617. The molecule has 2 aromatic carbocycles. The molecule has 1 aromatic heterocycles. The van der Waals surface area contributed by atoms with Crippen molar-refractivity contribution < 1.29 is 14.6 Å². The molecule has 128 valence electrons. The van der Waals surface area contributed by atoms with Gasteiger partial charge in [0.1, 0.15) is 5.75 Å². The summed E-state index contributed by atoms with van der Waals surface area (Å²) in [6.07, 6.45) is 2.16. The lowest BCUT2D eigenvalue weighted by Gasteiger charge is -2.05. The molecule has 0 saturated heterocycles. The van der Waals surface area contributed by atoms with Gasteiger partial charge >= 0.3 is 5.97 Å². The number of carboxylic acid groups (broad SMARTS) is 1. The molecular formula is C20H20N2O3. The molecule has 0 saturated carbocycles. The van der Waals surface area contributed by atoms with Crippen LogP contribution in [-0.2, 0) is 0 Å². The summed E-state index contributed by atoms with van der Waals surface area (Å²) in [7, 11) is 0. The minimum atomic E-state index is -0.932. The molecule has 0 aliphatic heterocycles. The fourth-order valence-corrected chi connectivity index (χ4v) is 2.47. The number of carbonyl (C=O) groups is 1. The highest BCUT2D eigenvalue weighted by Crippen LogP contribution is 2.25. The van der Waals surface area contributed by atoms with E-state index >= 15 is 0 Å². The van der Waals surface area contributed by atoms with Crippen LogP contribution < -0.4 is 4.74 Å². The number of aromatic nitrogens is 2. The molecule has 0 amide bonds. The van der Waals surface area contributed by atoms with Crippen molar-refractivity contribution >= 4 is 5.97 Å². The van der Waals surface area contributed by atoms with Crippen LogP contribution in [0.5, 0.6) is 5.75 Å². The minimum absolute atomic E-state index is 0.266. The molecule has 3 rings (SSSR count). The average molecular weight is 336 g/mol. The van der Waals surface area contributed by atoms with Gasteiger partial charge in [-0.3, -0.25) is 5.10 Å². The van der Waals surface area contributed by atoms with E-state index in [0.29, 0.717) is 0 Å². The fourth-order valence-electron chi connectivity index (χ4n) is 2.47. The Morgan fingerprint density at radius 1 is 1.08 bits per heavy atom. The van der Waals surface area contributed by atoms with Crippen LogP contribution in [0.4, 0.5) is 0 Å². The first kappa shape index (κ1) is 16.8. The molecule has 0 aliphatic carbocycles. The Hall–Kier alpha value is -3.08. The number of aromatic carboxylic acids is 1. The molecule has 2 N–H and O–H groups in total. The molecule has 0 spiro atoms. The SMILES string of the molecule is CCCCOc1ccc(-c2cc(-c3ccc(C(=O)O)cc3)[nH]n2)cc1. The first-order valence-corrected chi connectivity index (χ1v) is 8.29. The Balaban J connectivity index is 1.73. The van der Waals surface area contributed by atoms with Crippen molar-refractivity contribution in [2.24, 2.45) is 0 Å². The number of aromatic amines is 1. The normalized spacial score (nSPS) is 10.6. The molecular weight excluding hydrogens is 316 g/mol. The fraction of sp³-hybridized carbons (Fsp3) is 0.200. The summed E-state index contributed by atoms with van der Waals surface area (Å²) in [6, 6.07) is 16.5. The monoisotopic (exact) mass is 336 g/mol. The summed E-state index contributed by atoms with van der Waals surface area (Å²) >= 11 is 0. The van der Waals surface area contributed by atoms with E-state index in [9.17, 15) is 4.79 Å². The minimum Gasteiger partial charge on any atom is -0.494 e. The lowest BCUT2D eigenvalue weighted by atomic mass is 10.1. The second-order valence-electron chi connectivity index (χ2n) is 5.78. The standard InChI is InChI=1S/C20H20N2O3/c1-2-3-12-25-17-10-8-15(9-11-17)19-13-18(21-22-19)14-4-6-16(7-5-14)20(23)24/h4-11,13H,2-3,12H2,1H3,(H,21,22)(H,23,24).